The van der Waals surface area contributed by atoms with Gasteiger partial charge >= 0.3 is 0 Å². The molecule has 0 fully saturated rings. The molecule has 2 N–H and O–H groups in total. The molecular weight excluding hydrogens is 300 g/mol. The molecule has 1 aliphatic carbocycles. The summed E-state index contributed by atoms with van der Waals surface area (Å²) in [6.07, 6.45) is 3.86. The minimum atomic E-state index is 0.435. The van der Waals surface area contributed by atoms with Crippen LogP contribution in [0.25, 0.3) is 16.6 Å². The number of hydrogen-bond acceptors (Lipinski definition) is 4. The van der Waals surface area contributed by atoms with Crippen LogP contribution < -0.4 is 10.2 Å². The second kappa shape index (κ2) is 6.34. The van der Waals surface area contributed by atoms with Gasteiger partial charge in [-0.25, -0.2) is 4.98 Å². The van der Waals surface area contributed by atoms with Gasteiger partial charge in [0.25, 0.3) is 0 Å². The summed E-state index contributed by atoms with van der Waals surface area (Å²) in [5.74, 6) is 0.822. The number of nitrogens with zero attached hydrogens (tertiary/aromatic N) is 1. The minimum absolute atomic E-state index is 0.435. The second-order valence-electron chi connectivity index (χ2n) is 5.87. The van der Waals surface area contributed by atoms with Crippen molar-refractivity contribution in [1.29, 1.82) is 0 Å². The number of benzene rings is 2. The van der Waals surface area contributed by atoms with Crippen molar-refractivity contribution in [1.82, 2.24) is 10.5 Å². The predicted octanol–water partition coefficient (Wildman–Crippen LogP) is 4.08. The van der Waals surface area contributed by atoms with Crippen molar-refractivity contribution < 1.29 is 9.94 Å². The molecule has 0 radical (unpaired) electrons. The molecule has 0 unspecified atom stereocenters. The van der Waals surface area contributed by atoms with E-state index >= 15 is 0 Å². The van der Waals surface area contributed by atoms with Crippen molar-refractivity contribution in [3.05, 3.63) is 77.5 Å². The van der Waals surface area contributed by atoms with Crippen LogP contribution in [-0.4, -0.2) is 10.2 Å². The summed E-state index contributed by atoms with van der Waals surface area (Å²) >= 11 is 0. The van der Waals surface area contributed by atoms with Crippen LogP contribution in [0.2, 0.25) is 0 Å². The Labute approximate surface area is 140 Å². The Bertz CT molecular complexity index is 918. The number of allylic oxidation sites excluding steroid dienone is 1. The smallest absolute Gasteiger partial charge is 0.130 e. The van der Waals surface area contributed by atoms with Crippen LogP contribution >= 0.6 is 0 Å². The summed E-state index contributed by atoms with van der Waals surface area (Å²) in [5.41, 5.74) is 7.12. The molecule has 1 aliphatic rings. The van der Waals surface area contributed by atoms with Crippen molar-refractivity contribution >= 4 is 16.6 Å². The molecular formula is C20H18N2O2. The summed E-state index contributed by atoms with van der Waals surface area (Å²) < 4.78 is 5.91. The van der Waals surface area contributed by atoms with E-state index in [1.54, 1.807) is 0 Å². The zero-order valence-corrected chi connectivity index (χ0v) is 13.2. The van der Waals surface area contributed by atoms with Gasteiger partial charge in [0, 0.05) is 10.9 Å². The Morgan fingerprint density at radius 2 is 2.00 bits per heavy atom. The van der Waals surface area contributed by atoms with Crippen LogP contribution in [0, 0.1) is 0 Å². The first-order chi connectivity index (χ1) is 11.8. The zero-order valence-electron chi connectivity index (χ0n) is 13.2. The van der Waals surface area contributed by atoms with Gasteiger partial charge in [0.1, 0.15) is 12.4 Å². The summed E-state index contributed by atoms with van der Waals surface area (Å²) in [6, 6.07) is 18.1. The number of rotatable bonds is 4. The maximum atomic E-state index is 9.19. The monoisotopic (exact) mass is 318 g/mol. The maximum absolute atomic E-state index is 9.19. The Kier molecular flexibility index (Phi) is 3.89. The molecule has 4 nitrogen and oxygen atoms in total. The van der Waals surface area contributed by atoms with E-state index < -0.39 is 0 Å². The molecule has 0 saturated carbocycles. The number of aryl methyl sites for hydroxylation is 1. The van der Waals surface area contributed by atoms with E-state index in [0.29, 0.717) is 6.61 Å². The number of para-hydroxylation sites is 1. The normalized spacial score (nSPS) is 13.3. The number of hydroxylamine groups is 1. The lowest BCUT2D eigenvalue weighted by Crippen LogP contribution is -2.11. The Morgan fingerprint density at radius 3 is 2.92 bits per heavy atom. The lowest BCUT2D eigenvalue weighted by molar-refractivity contribution is 0.224. The first-order valence-electron chi connectivity index (χ1n) is 8.04. The molecule has 0 saturated heterocycles. The fourth-order valence-corrected chi connectivity index (χ4v) is 3.06. The van der Waals surface area contributed by atoms with E-state index in [9.17, 15) is 5.21 Å². The number of hydrogen-bond donors (Lipinski definition) is 2. The predicted molar refractivity (Wildman–Crippen MR) is 93.7 cm³/mol. The van der Waals surface area contributed by atoms with Crippen molar-refractivity contribution in [3.63, 3.8) is 0 Å². The Hall–Kier alpha value is -2.85. The molecule has 4 rings (SSSR count). The maximum Gasteiger partial charge on any atom is 0.130 e. The third kappa shape index (κ3) is 2.84. The first kappa shape index (κ1) is 14.7. The van der Waals surface area contributed by atoms with E-state index in [2.05, 4.69) is 22.6 Å². The molecule has 0 atom stereocenters. The highest BCUT2D eigenvalue weighted by Gasteiger charge is 2.13. The quantitative estimate of drug-likeness (QED) is 0.712. The number of nitrogens with one attached hydrogen (secondary N) is 1. The standard InChI is InChI=1S/C20H18N2O2/c23-22-20-7-3-5-15-12-17(10-11-18(15)20)24-13-16-9-8-14-4-1-2-6-19(14)21-16/h1-2,4,6-12,22-23H,3,5,13H2. The molecule has 4 heteroatoms. The van der Waals surface area contributed by atoms with Crippen LogP contribution in [0.4, 0.5) is 0 Å². The number of ether oxygens (including phenoxy) is 1. The highest BCUT2D eigenvalue weighted by molar-refractivity contribution is 5.78. The third-order valence-electron chi connectivity index (χ3n) is 4.29. The lowest BCUT2D eigenvalue weighted by Gasteiger charge is -2.18. The van der Waals surface area contributed by atoms with E-state index in [0.717, 1.165) is 46.4 Å². The van der Waals surface area contributed by atoms with Crippen molar-refractivity contribution in [3.8, 4) is 5.75 Å². The van der Waals surface area contributed by atoms with Crippen molar-refractivity contribution in [2.75, 3.05) is 0 Å². The van der Waals surface area contributed by atoms with Crippen molar-refractivity contribution in [2.45, 2.75) is 19.4 Å². The van der Waals surface area contributed by atoms with Gasteiger partial charge in [-0.2, -0.15) is 0 Å². The first-order valence-corrected chi connectivity index (χ1v) is 8.04. The highest BCUT2D eigenvalue weighted by atomic mass is 16.5. The number of fused-ring (bicyclic) bond motifs is 2. The van der Waals surface area contributed by atoms with Gasteiger partial charge in [0.05, 0.1) is 16.9 Å². The van der Waals surface area contributed by atoms with Gasteiger partial charge < -0.3 is 4.74 Å². The molecule has 0 spiro atoms. The fourth-order valence-electron chi connectivity index (χ4n) is 3.06. The van der Waals surface area contributed by atoms with E-state index in [-0.39, 0.29) is 0 Å². The van der Waals surface area contributed by atoms with Crippen LogP contribution in [0.5, 0.6) is 5.75 Å². The number of aromatic nitrogens is 1. The zero-order chi connectivity index (χ0) is 16.4. The third-order valence-corrected chi connectivity index (χ3v) is 4.29. The summed E-state index contributed by atoms with van der Waals surface area (Å²) in [5, 5.41) is 10.3. The van der Waals surface area contributed by atoms with Gasteiger partial charge in [-0.15, -0.1) is 0 Å². The average Bonchev–Trinajstić information content (AvgIpc) is 2.65. The molecule has 0 aliphatic heterocycles. The molecule has 3 aromatic rings. The van der Waals surface area contributed by atoms with Crippen LogP contribution in [-0.2, 0) is 13.0 Å². The summed E-state index contributed by atoms with van der Waals surface area (Å²) in [4.78, 5) is 4.63. The SMILES string of the molecule is ONC1=CCCc2cc(OCc3ccc4ccccc4n3)ccc21. The topological polar surface area (TPSA) is 54.4 Å². The highest BCUT2D eigenvalue weighted by Crippen LogP contribution is 2.28. The molecule has 1 aromatic heterocycles. The Morgan fingerprint density at radius 1 is 1.08 bits per heavy atom. The summed E-state index contributed by atoms with van der Waals surface area (Å²) in [6.45, 7) is 0.435. The Balaban J connectivity index is 1.52. The molecule has 1 heterocycles. The average molecular weight is 318 g/mol. The molecule has 24 heavy (non-hydrogen) atoms. The van der Waals surface area contributed by atoms with Crippen LogP contribution in [0.3, 0.4) is 0 Å². The van der Waals surface area contributed by atoms with Gasteiger partial charge in [-0.05, 0) is 48.7 Å². The molecule has 0 amide bonds. The summed E-state index contributed by atoms with van der Waals surface area (Å²) in [7, 11) is 0. The van der Waals surface area contributed by atoms with Gasteiger partial charge in [-0.1, -0.05) is 30.3 Å². The molecule has 0 bridgehead atoms. The minimum Gasteiger partial charge on any atom is -0.487 e. The van der Waals surface area contributed by atoms with E-state index in [4.69, 9.17) is 4.74 Å². The van der Waals surface area contributed by atoms with Gasteiger partial charge in [0.15, 0.2) is 0 Å². The largest absolute Gasteiger partial charge is 0.487 e. The molecule has 120 valence electrons. The second-order valence-corrected chi connectivity index (χ2v) is 5.87. The molecule has 2 aromatic carbocycles. The van der Waals surface area contributed by atoms with Gasteiger partial charge in [0.2, 0.25) is 0 Å². The number of pyridine rings is 1. The fraction of sp³-hybridized carbons (Fsp3) is 0.150. The van der Waals surface area contributed by atoms with Gasteiger partial charge in [-0.3, -0.25) is 10.7 Å². The lowest BCUT2D eigenvalue weighted by atomic mass is 9.95. The van der Waals surface area contributed by atoms with Crippen LogP contribution in [0.1, 0.15) is 23.2 Å². The van der Waals surface area contributed by atoms with Crippen LogP contribution in [0.15, 0.2) is 60.7 Å². The van der Waals surface area contributed by atoms with E-state index in [1.807, 2.05) is 48.5 Å². The van der Waals surface area contributed by atoms with Crippen molar-refractivity contribution in [2.24, 2.45) is 0 Å². The van der Waals surface area contributed by atoms with E-state index in [1.165, 1.54) is 5.56 Å².